The van der Waals surface area contributed by atoms with Crippen LogP contribution in [0.1, 0.15) is 17.5 Å². The zero-order valence-corrected chi connectivity index (χ0v) is 14.4. The number of nitrogens with zero attached hydrogens (tertiary/aromatic N) is 1. The van der Waals surface area contributed by atoms with E-state index >= 15 is 0 Å². The number of benzene rings is 1. The van der Waals surface area contributed by atoms with Crippen molar-refractivity contribution in [1.82, 2.24) is 4.90 Å². The maximum absolute atomic E-state index is 10.4. The Kier molecular flexibility index (Phi) is 3.10. The fraction of sp³-hybridized carbons (Fsp3) is 0.529. The van der Waals surface area contributed by atoms with Crippen molar-refractivity contribution in [3.63, 3.8) is 0 Å². The zero-order chi connectivity index (χ0) is 14.4. The number of hydrogen-bond acceptors (Lipinski definition) is 4. The van der Waals surface area contributed by atoms with Gasteiger partial charge in [0.05, 0.1) is 5.75 Å². The molecule has 120 valence electrons. The number of rotatable bonds is 0. The minimum absolute atomic E-state index is 0. The van der Waals surface area contributed by atoms with E-state index in [1.54, 1.807) is 6.07 Å². The predicted octanol–water partition coefficient (Wildman–Crippen LogP) is 0.996. The van der Waals surface area contributed by atoms with Gasteiger partial charge in [-0.3, -0.25) is 0 Å². The Labute approximate surface area is 145 Å². The largest absolute Gasteiger partial charge is 1.00 e. The first-order valence-electron chi connectivity index (χ1n) is 7.63. The van der Waals surface area contributed by atoms with Crippen LogP contribution in [0.3, 0.4) is 0 Å². The zero-order valence-electron chi connectivity index (χ0n) is 12.2. The maximum Gasteiger partial charge on any atom is 1.00 e. The summed E-state index contributed by atoms with van der Waals surface area (Å²) in [5.41, 5.74) is 2.08. The fourth-order valence-corrected chi connectivity index (χ4v) is 5.14. The van der Waals surface area contributed by atoms with Gasteiger partial charge < -0.3 is 19.8 Å². The summed E-state index contributed by atoms with van der Waals surface area (Å²) >= 11 is 0. The summed E-state index contributed by atoms with van der Waals surface area (Å²) < 4.78 is 6.07. The monoisotopic (exact) mass is 481 g/mol. The molecule has 1 spiro atoms. The molecule has 5 rings (SSSR count). The predicted molar refractivity (Wildman–Crippen MR) is 76.4 cm³/mol. The van der Waals surface area contributed by atoms with E-state index in [9.17, 15) is 10.2 Å². The molecule has 2 bridgehead atoms. The molecule has 0 unspecified atom stereocenters. The first-order valence-corrected chi connectivity index (χ1v) is 7.63. The van der Waals surface area contributed by atoms with Gasteiger partial charge in [0.15, 0.2) is 0 Å². The first kappa shape index (κ1) is 14.8. The molecule has 0 aromatic heterocycles. The van der Waals surface area contributed by atoms with Crippen molar-refractivity contribution in [2.24, 2.45) is 5.92 Å². The van der Waals surface area contributed by atoms with Crippen LogP contribution < -0.4 is 4.74 Å². The van der Waals surface area contributed by atoms with Gasteiger partial charge in [-0.1, -0.05) is 17.7 Å². The number of likely N-dealkylation sites (tertiary alicyclic amines) is 1. The third-order valence-corrected chi connectivity index (χ3v) is 6.06. The first-order chi connectivity index (χ1) is 10.1. The van der Waals surface area contributed by atoms with E-state index in [1.807, 2.05) is 6.08 Å². The average molecular weight is 481 g/mol. The SMILES string of the molecule is CN1CC[C@]23c4c5[c-]cc(O)c4O[C@H]2[C@@H](O)C=C[C@H]3[C@H]1C5.[Au+]. The van der Waals surface area contributed by atoms with Crippen molar-refractivity contribution in [2.45, 2.75) is 36.5 Å². The van der Waals surface area contributed by atoms with E-state index in [-0.39, 0.29) is 39.6 Å². The molecule has 22 heavy (non-hydrogen) atoms. The molecular formula is C17H18AuNO3. The summed E-state index contributed by atoms with van der Waals surface area (Å²) in [7, 11) is 2.17. The van der Waals surface area contributed by atoms with Gasteiger partial charge in [0, 0.05) is 17.2 Å². The molecule has 1 aromatic rings. The van der Waals surface area contributed by atoms with E-state index in [4.69, 9.17) is 4.74 Å². The van der Waals surface area contributed by atoms with E-state index in [1.165, 1.54) is 0 Å². The molecule has 0 saturated carbocycles. The number of hydrogen-bond donors (Lipinski definition) is 2. The van der Waals surface area contributed by atoms with Crippen LogP contribution in [0, 0.1) is 12.0 Å². The third-order valence-electron chi connectivity index (χ3n) is 6.06. The number of aliphatic hydroxyl groups is 1. The molecule has 4 nitrogen and oxygen atoms in total. The molecule has 5 atom stereocenters. The molecule has 2 N–H and O–H groups in total. The minimum atomic E-state index is -0.608. The maximum atomic E-state index is 10.4. The number of phenolic OH excluding ortho intramolecular Hbond substituents is 1. The number of aliphatic hydroxyl groups excluding tert-OH is 1. The normalized spacial score (nSPS) is 40.6. The molecule has 4 aliphatic rings. The van der Waals surface area contributed by atoms with Crippen LogP contribution in [0.25, 0.3) is 0 Å². The van der Waals surface area contributed by atoms with Crippen LogP contribution in [-0.4, -0.2) is 47.0 Å². The number of piperidine rings is 1. The van der Waals surface area contributed by atoms with Gasteiger partial charge >= 0.3 is 22.4 Å². The number of likely N-dealkylation sites (N-methyl/N-ethyl adjacent to an activating group) is 1. The van der Waals surface area contributed by atoms with Gasteiger partial charge in [0.1, 0.15) is 12.2 Å². The van der Waals surface area contributed by atoms with E-state index in [0.29, 0.717) is 17.7 Å². The smallest absolute Gasteiger partial charge is 0.562 e. The Morgan fingerprint density at radius 3 is 3.05 bits per heavy atom. The Hall–Kier alpha value is -0.780. The summed E-state index contributed by atoms with van der Waals surface area (Å²) in [6.07, 6.45) is 5.04. The minimum Gasteiger partial charge on any atom is -0.562 e. The standard InChI is InChI=1S/C17H18NO3.Au/c1-18-7-6-17-10-3-5-13(20)16(17)21-15-12(19)4-2-9(14(15)17)8-11(10)18;/h3-5,10-11,13,16,19-20H,6-8H2,1H3;/q-1;+1/t10-,11+,13-,16-,17-;/m0./s1. The van der Waals surface area contributed by atoms with Crippen LogP contribution in [0.4, 0.5) is 0 Å². The van der Waals surface area contributed by atoms with Crippen LogP contribution in [0.2, 0.25) is 0 Å². The van der Waals surface area contributed by atoms with Gasteiger partial charge in [0.2, 0.25) is 0 Å². The molecule has 1 aromatic carbocycles. The fourth-order valence-electron chi connectivity index (χ4n) is 5.14. The van der Waals surface area contributed by atoms with E-state index in [2.05, 4.69) is 24.1 Å². The molecule has 2 heterocycles. The van der Waals surface area contributed by atoms with E-state index in [0.717, 1.165) is 30.5 Å². The number of aromatic hydroxyl groups is 1. The van der Waals surface area contributed by atoms with Gasteiger partial charge in [-0.05, 0) is 32.4 Å². The van der Waals surface area contributed by atoms with Crippen LogP contribution in [0.5, 0.6) is 11.5 Å². The van der Waals surface area contributed by atoms with Crippen molar-refractivity contribution in [3.05, 3.63) is 35.4 Å². The summed E-state index contributed by atoms with van der Waals surface area (Å²) in [5, 5.41) is 20.6. The summed E-state index contributed by atoms with van der Waals surface area (Å²) in [4.78, 5) is 2.41. The molecule has 2 aliphatic carbocycles. The molecule has 1 fully saturated rings. The topological polar surface area (TPSA) is 52.9 Å². The Bertz CT molecular complexity index is 676. The summed E-state index contributed by atoms with van der Waals surface area (Å²) in [6, 6.07) is 5.29. The van der Waals surface area contributed by atoms with Gasteiger partial charge in [-0.15, -0.1) is 6.07 Å². The molecule has 1 saturated heterocycles. The second kappa shape index (κ2) is 4.62. The summed E-state index contributed by atoms with van der Waals surface area (Å²) in [5.74, 6) is 1.08. The molecular weight excluding hydrogens is 463 g/mol. The summed E-state index contributed by atoms with van der Waals surface area (Å²) in [6.45, 7) is 0.996. The quantitative estimate of drug-likeness (QED) is 0.330. The second-order valence-corrected chi connectivity index (χ2v) is 6.84. The van der Waals surface area contributed by atoms with Gasteiger partial charge in [0.25, 0.3) is 0 Å². The second-order valence-electron chi connectivity index (χ2n) is 6.84. The number of ether oxygens (including phenoxy) is 1. The molecule has 2 aliphatic heterocycles. The van der Waals surface area contributed by atoms with Crippen LogP contribution in [0.15, 0.2) is 18.2 Å². The molecule has 0 radical (unpaired) electrons. The van der Waals surface area contributed by atoms with Crippen molar-refractivity contribution in [1.29, 1.82) is 0 Å². The van der Waals surface area contributed by atoms with Crippen molar-refractivity contribution in [2.75, 3.05) is 13.6 Å². The van der Waals surface area contributed by atoms with Crippen molar-refractivity contribution < 1.29 is 37.3 Å². The molecule has 0 amide bonds. The van der Waals surface area contributed by atoms with Crippen molar-refractivity contribution in [3.8, 4) is 11.5 Å². The van der Waals surface area contributed by atoms with E-state index < -0.39 is 6.10 Å². The third kappa shape index (κ3) is 1.50. The Balaban J connectivity index is 0.00000125. The van der Waals surface area contributed by atoms with Crippen LogP contribution in [-0.2, 0) is 34.2 Å². The van der Waals surface area contributed by atoms with Crippen molar-refractivity contribution >= 4 is 0 Å². The average Bonchev–Trinajstić information content (AvgIpc) is 2.83. The number of phenols is 1. The van der Waals surface area contributed by atoms with Crippen LogP contribution >= 0.6 is 0 Å². The Morgan fingerprint density at radius 1 is 1.41 bits per heavy atom. The van der Waals surface area contributed by atoms with Gasteiger partial charge in [-0.2, -0.15) is 11.6 Å². The Morgan fingerprint density at radius 2 is 2.23 bits per heavy atom. The van der Waals surface area contributed by atoms with Gasteiger partial charge in [-0.25, -0.2) is 0 Å². The molecule has 5 heteroatoms.